The third kappa shape index (κ3) is 3.83. The van der Waals surface area contributed by atoms with Gasteiger partial charge in [-0.05, 0) is 12.0 Å². The fourth-order valence-electron chi connectivity index (χ4n) is 1.75. The van der Waals surface area contributed by atoms with Gasteiger partial charge in [-0.25, -0.2) is 13.1 Å². The Morgan fingerprint density at radius 1 is 1.41 bits per heavy atom. The van der Waals surface area contributed by atoms with Gasteiger partial charge in [0.2, 0.25) is 10.0 Å². The van der Waals surface area contributed by atoms with Crippen LogP contribution in [-0.2, 0) is 10.0 Å². The number of hydrogen-bond donors (Lipinski definition) is 3. The van der Waals surface area contributed by atoms with Crippen LogP contribution in [0.3, 0.4) is 0 Å². The highest BCUT2D eigenvalue weighted by Gasteiger charge is 2.20. The van der Waals surface area contributed by atoms with E-state index in [4.69, 9.17) is 0 Å². The van der Waals surface area contributed by atoms with Crippen LogP contribution >= 0.6 is 0 Å². The SMILES string of the molecule is CCC(CC)C(O)CNS(=O)(=O)c1cc[nH]c1. The number of sulfonamides is 1. The van der Waals surface area contributed by atoms with Gasteiger partial charge in [0.1, 0.15) is 0 Å². The lowest BCUT2D eigenvalue weighted by Gasteiger charge is -2.20. The molecule has 0 aromatic carbocycles. The maximum atomic E-state index is 11.8. The summed E-state index contributed by atoms with van der Waals surface area (Å²) in [6.45, 7) is 4.02. The zero-order valence-electron chi connectivity index (χ0n) is 10.2. The molecule has 0 radical (unpaired) electrons. The fourth-order valence-corrected chi connectivity index (χ4v) is 2.78. The van der Waals surface area contributed by atoms with Crippen LogP contribution in [0.5, 0.6) is 0 Å². The third-order valence-corrected chi connectivity index (χ3v) is 4.38. The molecule has 0 saturated heterocycles. The van der Waals surface area contributed by atoms with E-state index in [9.17, 15) is 13.5 Å². The monoisotopic (exact) mass is 260 g/mol. The Morgan fingerprint density at radius 2 is 2.06 bits per heavy atom. The van der Waals surface area contributed by atoms with Crippen LogP contribution in [-0.4, -0.2) is 31.2 Å². The van der Waals surface area contributed by atoms with Crippen LogP contribution in [0.1, 0.15) is 26.7 Å². The summed E-state index contributed by atoms with van der Waals surface area (Å²) in [5.41, 5.74) is 0. The number of hydrogen-bond acceptors (Lipinski definition) is 3. The first-order valence-corrected chi connectivity index (χ1v) is 7.30. The Bertz CT molecular complexity index is 410. The van der Waals surface area contributed by atoms with Gasteiger partial charge in [-0.3, -0.25) is 0 Å². The van der Waals surface area contributed by atoms with Crippen LogP contribution in [0.15, 0.2) is 23.4 Å². The molecule has 1 unspecified atom stereocenters. The maximum Gasteiger partial charge on any atom is 0.242 e. The van der Waals surface area contributed by atoms with E-state index in [1.54, 1.807) is 6.20 Å². The molecule has 17 heavy (non-hydrogen) atoms. The second-order valence-electron chi connectivity index (χ2n) is 4.04. The first-order valence-electron chi connectivity index (χ1n) is 5.81. The van der Waals surface area contributed by atoms with Crippen molar-refractivity contribution in [2.24, 2.45) is 5.92 Å². The van der Waals surface area contributed by atoms with Crippen molar-refractivity contribution in [2.45, 2.75) is 37.7 Å². The molecule has 1 aromatic rings. The molecule has 5 nitrogen and oxygen atoms in total. The van der Waals surface area contributed by atoms with Crippen molar-refractivity contribution >= 4 is 10.0 Å². The smallest absolute Gasteiger partial charge is 0.242 e. The number of H-pyrrole nitrogens is 1. The molecule has 0 bridgehead atoms. The van der Waals surface area contributed by atoms with Gasteiger partial charge in [-0.2, -0.15) is 0 Å². The fraction of sp³-hybridized carbons (Fsp3) is 0.636. The number of aliphatic hydroxyl groups excluding tert-OH is 1. The van der Waals surface area contributed by atoms with Crippen molar-refractivity contribution in [3.8, 4) is 0 Å². The lowest BCUT2D eigenvalue weighted by molar-refractivity contribution is 0.107. The van der Waals surface area contributed by atoms with E-state index in [0.29, 0.717) is 0 Å². The Balaban J connectivity index is 2.56. The zero-order valence-corrected chi connectivity index (χ0v) is 11.0. The third-order valence-electron chi connectivity index (χ3n) is 2.96. The summed E-state index contributed by atoms with van der Waals surface area (Å²) in [7, 11) is -3.50. The van der Waals surface area contributed by atoms with E-state index in [0.717, 1.165) is 12.8 Å². The molecule has 0 fully saturated rings. The number of aliphatic hydroxyl groups is 1. The van der Waals surface area contributed by atoms with Crippen LogP contribution in [0.4, 0.5) is 0 Å². The highest BCUT2D eigenvalue weighted by molar-refractivity contribution is 7.89. The molecule has 1 atom stereocenters. The van der Waals surface area contributed by atoms with Gasteiger partial charge < -0.3 is 10.1 Å². The molecule has 3 N–H and O–H groups in total. The molecule has 1 heterocycles. The highest BCUT2D eigenvalue weighted by atomic mass is 32.2. The Morgan fingerprint density at radius 3 is 2.53 bits per heavy atom. The van der Waals surface area contributed by atoms with Crippen LogP contribution in [0, 0.1) is 5.92 Å². The van der Waals surface area contributed by atoms with E-state index < -0.39 is 16.1 Å². The van der Waals surface area contributed by atoms with E-state index in [2.05, 4.69) is 9.71 Å². The molecule has 0 aliphatic rings. The molecule has 0 aliphatic carbocycles. The zero-order chi connectivity index (χ0) is 12.9. The number of rotatable bonds is 7. The largest absolute Gasteiger partial charge is 0.391 e. The summed E-state index contributed by atoms with van der Waals surface area (Å²) in [6, 6.07) is 1.48. The minimum atomic E-state index is -3.50. The van der Waals surface area contributed by atoms with E-state index in [1.165, 1.54) is 12.3 Å². The van der Waals surface area contributed by atoms with Crippen LogP contribution in [0.2, 0.25) is 0 Å². The lowest BCUT2D eigenvalue weighted by atomic mass is 9.97. The molecular weight excluding hydrogens is 240 g/mol. The van der Waals surface area contributed by atoms with E-state index in [-0.39, 0.29) is 17.4 Å². The summed E-state index contributed by atoms with van der Waals surface area (Å²) in [6.07, 6.45) is 3.99. The van der Waals surface area contributed by atoms with Crippen molar-refractivity contribution in [2.75, 3.05) is 6.54 Å². The van der Waals surface area contributed by atoms with Gasteiger partial charge in [0.25, 0.3) is 0 Å². The molecule has 0 saturated carbocycles. The first kappa shape index (κ1) is 14.2. The van der Waals surface area contributed by atoms with Gasteiger partial charge in [0, 0.05) is 18.9 Å². The van der Waals surface area contributed by atoms with Gasteiger partial charge >= 0.3 is 0 Å². The molecule has 0 spiro atoms. The van der Waals surface area contributed by atoms with Crippen LogP contribution < -0.4 is 4.72 Å². The first-order chi connectivity index (χ1) is 8.01. The minimum absolute atomic E-state index is 0.0554. The standard InChI is InChI=1S/C11H20N2O3S/c1-3-9(4-2)11(14)8-13-17(15,16)10-5-6-12-7-10/h5-7,9,11-14H,3-4,8H2,1-2H3. The predicted octanol–water partition coefficient (Wildman–Crippen LogP) is 1.09. The van der Waals surface area contributed by atoms with Gasteiger partial charge in [-0.15, -0.1) is 0 Å². The molecule has 0 amide bonds. The van der Waals surface area contributed by atoms with E-state index >= 15 is 0 Å². The summed E-state index contributed by atoms with van der Waals surface area (Å²) < 4.78 is 25.9. The quantitative estimate of drug-likeness (QED) is 0.686. The topological polar surface area (TPSA) is 82.2 Å². The van der Waals surface area contributed by atoms with Crippen LogP contribution in [0.25, 0.3) is 0 Å². The molecule has 98 valence electrons. The summed E-state index contributed by atoms with van der Waals surface area (Å²) in [5.74, 6) is 0.129. The number of nitrogens with one attached hydrogen (secondary N) is 2. The molecule has 1 rings (SSSR count). The summed E-state index contributed by atoms with van der Waals surface area (Å²) >= 11 is 0. The van der Waals surface area contributed by atoms with Crippen molar-refractivity contribution in [3.05, 3.63) is 18.5 Å². The second-order valence-corrected chi connectivity index (χ2v) is 5.81. The normalized spacial score (nSPS) is 14.1. The van der Waals surface area contributed by atoms with Crippen molar-refractivity contribution < 1.29 is 13.5 Å². The predicted molar refractivity (Wildman–Crippen MR) is 66.1 cm³/mol. The Kier molecular flexibility index (Phi) is 5.17. The Hall–Kier alpha value is -0.850. The molecule has 0 aliphatic heterocycles. The van der Waals surface area contributed by atoms with Crippen molar-refractivity contribution in [3.63, 3.8) is 0 Å². The maximum absolute atomic E-state index is 11.8. The average molecular weight is 260 g/mol. The van der Waals surface area contributed by atoms with E-state index in [1.807, 2.05) is 13.8 Å². The number of aromatic amines is 1. The minimum Gasteiger partial charge on any atom is -0.391 e. The highest BCUT2D eigenvalue weighted by Crippen LogP contribution is 2.13. The second kappa shape index (κ2) is 6.18. The molecular formula is C11H20N2O3S. The summed E-state index contributed by atoms with van der Waals surface area (Å²) in [5, 5.41) is 9.84. The van der Waals surface area contributed by atoms with Gasteiger partial charge in [0.05, 0.1) is 11.0 Å². The van der Waals surface area contributed by atoms with Gasteiger partial charge in [0.15, 0.2) is 0 Å². The average Bonchev–Trinajstić information content (AvgIpc) is 2.82. The lowest BCUT2D eigenvalue weighted by Crippen LogP contribution is -2.35. The number of aromatic nitrogens is 1. The Labute approximate surface area is 102 Å². The molecule has 1 aromatic heterocycles. The van der Waals surface area contributed by atoms with Gasteiger partial charge in [-0.1, -0.05) is 26.7 Å². The molecule has 6 heteroatoms. The van der Waals surface area contributed by atoms with Crippen molar-refractivity contribution in [1.82, 2.24) is 9.71 Å². The van der Waals surface area contributed by atoms with Crippen molar-refractivity contribution in [1.29, 1.82) is 0 Å². The summed E-state index contributed by atoms with van der Waals surface area (Å²) in [4.78, 5) is 2.88.